The van der Waals surface area contributed by atoms with Crippen LogP contribution in [0.4, 0.5) is 0 Å². The van der Waals surface area contributed by atoms with E-state index in [0.717, 1.165) is 29.8 Å². The number of methoxy groups -OCH3 is 1. The van der Waals surface area contributed by atoms with Crippen molar-refractivity contribution in [1.82, 2.24) is 0 Å². The van der Waals surface area contributed by atoms with E-state index in [1.54, 1.807) is 7.11 Å². The van der Waals surface area contributed by atoms with Gasteiger partial charge in [-0.25, -0.2) is 0 Å². The number of rotatable bonds is 3. The fourth-order valence-electron chi connectivity index (χ4n) is 0.167. The molecule has 42 valence electrons. The van der Waals surface area contributed by atoms with Crippen molar-refractivity contribution in [2.24, 2.45) is 0 Å². The van der Waals surface area contributed by atoms with E-state index in [4.69, 9.17) is 3.79 Å². The van der Waals surface area contributed by atoms with Crippen molar-refractivity contribution in [2.75, 3.05) is 20.3 Å². The van der Waals surface area contributed by atoms with Gasteiger partial charge in [-0.3, -0.25) is 0 Å². The summed E-state index contributed by atoms with van der Waals surface area (Å²) in [5, 5.41) is 0. The summed E-state index contributed by atoms with van der Waals surface area (Å²) >= 11 is 0.823. The van der Waals surface area contributed by atoms with Crippen molar-refractivity contribution < 1.29 is 11.4 Å². The van der Waals surface area contributed by atoms with Crippen LogP contribution in [-0.4, -0.2) is 66.5 Å². The summed E-state index contributed by atoms with van der Waals surface area (Å²) in [6, 6.07) is 0. The topological polar surface area (TPSA) is 18.5 Å². The Balaban J connectivity index is -0.0000000417. The van der Waals surface area contributed by atoms with Crippen LogP contribution in [0, 0.1) is 0 Å². The summed E-state index contributed by atoms with van der Waals surface area (Å²) in [5.74, 6) is 0. The molecule has 0 aromatic heterocycles. The molecule has 0 radical (unpaired) electrons. The van der Waals surface area contributed by atoms with Crippen LogP contribution in [0.25, 0.3) is 0 Å². The first-order valence-electron chi connectivity index (χ1n) is 1.89. The van der Waals surface area contributed by atoms with E-state index in [1.807, 2.05) is 0 Å². The van der Waals surface area contributed by atoms with Crippen LogP contribution >= 0.6 is 0 Å². The molecular weight excluding hydrogens is 118 g/mol. The van der Waals surface area contributed by atoms with Crippen molar-refractivity contribution in [3.8, 4) is 0 Å². The molecule has 0 amide bonds. The quantitative estimate of drug-likeness (QED) is 0.364. The fraction of sp³-hybridized carbons (Fsp3) is 1.00. The zero-order valence-electron chi connectivity index (χ0n) is 4.23. The number of hydrogen-bond acceptors (Lipinski definition) is 2. The van der Waals surface area contributed by atoms with E-state index in [-0.39, 0.29) is 32.4 Å². The molecule has 0 aromatic carbocycles. The second kappa shape index (κ2) is 10.4. The molecule has 7 heavy (non-hydrogen) atoms. The van der Waals surface area contributed by atoms with Crippen LogP contribution in [0.2, 0.25) is 0 Å². The average molecular weight is 132 g/mol. The van der Waals surface area contributed by atoms with Gasteiger partial charge in [-0.05, 0) is 0 Å². The Morgan fingerprint density at radius 2 is 2.14 bits per heavy atom. The maximum atomic E-state index is 4.80. The van der Waals surface area contributed by atoms with Crippen LogP contribution in [0.5, 0.6) is 0 Å². The predicted octanol–water partition coefficient (Wildman–Crippen LogP) is -0.959. The minimum absolute atomic E-state index is 0. The Bertz CT molecular complexity index is 31.8. The van der Waals surface area contributed by atoms with Crippen molar-refractivity contribution in [1.29, 1.82) is 0 Å². The Morgan fingerprint density at radius 1 is 1.57 bits per heavy atom. The predicted molar refractivity (Wildman–Crippen MR) is 37.7 cm³/mol. The first-order valence-corrected chi connectivity index (χ1v) is 2.71. The van der Waals surface area contributed by atoms with Gasteiger partial charge in [0.05, 0.1) is 6.61 Å². The second-order valence-corrected chi connectivity index (χ2v) is 1.56. The van der Waals surface area contributed by atoms with Crippen molar-refractivity contribution >= 4 is 46.2 Å². The van der Waals surface area contributed by atoms with Gasteiger partial charge in [0.25, 0.3) is 0 Å². The Labute approximate surface area is 77.6 Å². The fourth-order valence-corrected chi connectivity index (χ4v) is 0.333. The normalized spacial score (nSPS) is 7.57. The van der Waals surface area contributed by atoms with Gasteiger partial charge in [0.2, 0.25) is 0 Å². The standard InChI is InChI=1S/C3H7O2.Al.Na.2H2.3H/c1-5-3-2-4;;;;;;;/h2-3H2,1H3;;;2*1H;;;/q-1;+1;;;;;;. The maximum absolute atomic E-state index is 4.80. The molecule has 0 rings (SSSR count). The molecule has 0 bridgehead atoms. The van der Waals surface area contributed by atoms with Crippen molar-refractivity contribution in [3.05, 3.63) is 0 Å². The Hall–Kier alpha value is 1.45. The molecule has 0 heterocycles. The van der Waals surface area contributed by atoms with Gasteiger partial charge in [-0.15, -0.1) is 0 Å². The van der Waals surface area contributed by atoms with Gasteiger partial charge in [-0.2, -0.15) is 0 Å². The first-order chi connectivity index (χ1) is 2.91. The molecule has 0 unspecified atom stereocenters. The van der Waals surface area contributed by atoms with Gasteiger partial charge in [0.15, 0.2) is 0 Å². The zero-order valence-corrected chi connectivity index (χ0v) is 6.23. The van der Waals surface area contributed by atoms with E-state index in [2.05, 4.69) is 4.74 Å². The Morgan fingerprint density at radius 3 is 2.29 bits per heavy atom. The SMILES string of the molecule is COCC[O][AlH2].[HH].[HH].[NaH]. The summed E-state index contributed by atoms with van der Waals surface area (Å²) in [7, 11) is 1.67. The van der Waals surface area contributed by atoms with Crippen LogP contribution in [0.15, 0.2) is 0 Å². The molecule has 0 aliphatic carbocycles. The minimum atomic E-state index is 0. The van der Waals surface area contributed by atoms with E-state index >= 15 is 0 Å². The molecule has 0 saturated carbocycles. The van der Waals surface area contributed by atoms with Gasteiger partial charge in [0, 0.05) is 16.6 Å². The van der Waals surface area contributed by atoms with Gasteiger partial charge in [-0.1, -0.05) is 0 Å². The summed E-state index contributed by atoms with van der Waals surface area (Å²) in [6.45, 7) is 1.48. The summed E-state index contributed by atoms with van der Waals surface area (Å²) < 4.78 is 9.48. The van der Waals surface area contributed by atoms with Crippen LogP contribution in [-0.2, 0) is 8.53 Å². The van der Waals surface area contributed by atoms with Crippen LogP contribution in [0.1, 0.15) is 2.85 Å². The third kappa shape index (κ3) is 11.2. The Kier molecular flexibility index (Phi) is 16.8. The molecule has 0 atom stereocenters. The monoisotopic (exact) mass is 132 g/mol. The third-order valence-corrected chi connectivity index (χ3v) is 0.900. The zero-order chi connectivity index (χ0) is 4.83. The molecule has 2 nitrogen and oxygen atoms in total. The average Bonchev–Trinajstić information content (AvgIpc) is 1.61. The van der Waals surface area contributed by atoms with Crippen LogP contribution in [0.3, 0.4) is 0 Å². The molecule has 0 saturated heterocycles. The van der Waals surface area contributed by atoms with Gasteiger partial charge >= 0.3 is 46.2 Å². The number of ether oxygens (including phenoxy) is 1. The second-order valence-electron chi connectivity index (χ2n) is 0.986. The van der Waals surface area contributed by atoms with E-state index in [9.17, 15) is 0 Å². The summed E-state index contributed by atoms with van der Waals surface area (Å²) in [4.78, 5) is 0. The van der Waals surface area contributed by atoms with Crippen molar-refractivity contribution in [2.45, 2.75) is 0 Å². The van der Waals surface area contributed by atoms with E-state index in [1.165, 1.54) is 0 Å². The molecule has 0 spiro atoms. The summed E-state index contributed by atoms with van der Waals surface area (Å²) in [6.07, 6.45) is 0. The van der Waals surface area contributed by atoms with Crippen molar-refractivity contribution in [3.63, 3.8) is 0 Å². The third-order valence-electron chi connectivity index (χ3n) is 0.492. The molecule has 0 aliphatic heterocycles. The van der Waals surface area contributed by atoms with Crippen LogP contribution < -0.4 is 0 Å². The molecule has 0 N–H and O–H groups in total. The molecule has 0 aliphatic rings. The molecular formula is C3H14AlNaO2. The summed E-state index contributed by atoms with van der Waals surface area (Å²) in [5.41, 5.74) is 0. The van der Waals surface area contributed by atoms with E-state index < -0.39 is 0 Å². The van der Waals surface area contributed by atoms with Gasteiger partial charge < -0.3 is 8.53 Å². The van der Waals surface area contributed by atoms with Gasteiger partial charge in [0.1, 0.15) is 0 Å². The first kappa shape index (κ1) is 11.3. The number of hydrogen-bond donors (Lipinski definition) is 0. The van der Waals surface area contributed by atoms with E-state index in [0.29, 0.717) is 0 Å². The molecule has 0 fully saturated rings. The molecule has 0 aromatic rings. The molecule has 4 heteroatoms.